The van der Waals surface area contributed by atoms with Crippen LogP contribution in [0.15, 0.2) is 22.7 Å². The van der Waals surface area contributed by atoms with Crippen molar-refractivity contribution < 1.29 is 14.3 Å². The predicted molar refractivity (Wildman–Crippen MR) is 81.7 cm³/mol. The zero-order valence-corrected chi connectivity index (χ0v) is 13.5. The number of benzene rings is 1. The minimum atomic E-state index is -0.182. The average Bonchev–Trinajstić information content (AvgIpc) is 2.44. The molecule has 0 radical (unpaired) electrons. The maximum Gasteiger partial charge on any atom is 0.305 e. The molecule has 20 heavy (non-hydrogen) atoms. The normalized spacial score (nSPS) is 10.2. The number of carbonyl (C=O) groups is 2. The fourth-order valence-electron chi connectivity index (χ4n) is 1.71. The lowest BCUT2D eigenvalue weighted by Gasteiger charge is -2.06. The summed E-state index contributed by atoms with van der Waals surface area (Å²) in [4.78, 5) is 22.8. The number of aryl methyl sites for hydroxylation is 1. The first kappa shape index (κ1) is 16.7. The molecule has 5 heteroatoms. The van der Waals surface area contributed by atoms with Crippen molar-refractivity contribution in [2.45, 2.75) is 32.6 Å². The van der Waals surface area contributed by atoms with E-state index in [1.807, 2.05) is 25.1 Å². The highest BCUT2D eigenvalue weighted by molar-refractivity contribution is 9.10. The average molecular weight is 342 g/mol. The van der Waals surface area contributed by atoms with Gasteiger partial charge in [0, 0.05) is 23.0 Å². The molecular formula is C15H20BrNO3. The SMILES string of the molecule is COC(=O)CCCCCNC(=O)c1ccc(C)c(Br)c1. The molecule has 0 saturated heterocycles. The van der Waals surface area contributed by atoms with Gasteiger partial charge in [-0.2, -0.15) is 0 Å². The summed E-state index contributed by atoms with van der Waals surface area (Å²) in [6, 6.07) is 5.55. The van der Waals surface area contributed by atoms with Crippen LogP contribution in [0.5, 0.6) is 0 Å². The van der Waals surface area contributed by atoms with Gasteiger partial charge in [0.2, 0.25) is 0 Å². The largest absolute Gasteiger partial charge is 0.469 e. The van der Waals surface area contributed by atoms with Crippen LogP contribution in [-0.4, -0.2) is 25.5 Å². The van der Waals surface area contributed by atoms with Crippen molar-refractivity contribution in [1.82, 2.24) is 5.32 Å². The monoisotopic (exact) mass is 341 g/mol. The van der Waals surface area contributed by atoms with E-state index in [0.29, 0.717) is 18.5 Å². The summed E-state index contributed by atoms with van der Waals surface area (Å²) >= 11 is 3.41. The first-order chi connectivity index (χ1) is 9.54. The van der Waals surface area contributed by atoms with Gasteiger partial charge in [-0.05, 0) is 37.5 Å². The second-order valence-electron chi connectivity index (χ2n) is 4.61. The minimum Gasteiger partial charge on any atom is -0.469 e. The Hall–Kier alpha value is -1.36. The lowest BCUT2D eigenvalue weighted by atomic mass is 10.1. The number of ether oxygens (including phenoxy) is 1. The Morgan fingerprint density at radius 2 is 2.00 bits per heavy atom. The molecule has 0 fully saturated rings. The van der Waals surface area contributed by atoms with E-state index in [1.54, 1.807) is 0 Å². The summed E-state index contributed by atoms with van der Waals surface area (Å²) in [5.74, 6) is -0.253. The summed E-state index contributed by atoms with van der Waals surface area (Å²) < 4.78 is 5.49. The van der Waals surface area contributed by atoms with Crippen molar-refractivity contribution in [3.05, 3.63) is 33.8 Å². The van der Waals surface area contributed by atoms with E-state index in [0.717, 1.165) is 29.3 Å². The number of nitrogens with one attached hydrogen (secondary N) is 1. The molecular weight excluding hydrogens is 322 g/mol. The molecule has 1 aromatic carbocycles. The van der Waals surface area contributed by atoms with Crippen LogP contribution in [0, 0.1) is 6.92 Å². The van der Waals surface area contributed by atoms with Crippen molar-refractivity contribution >= 4 is 27.8 Å². The van der Waals surface area contributed by atoms with E-state index in [4.69, 9.17) is 0 Å². The number of carbonyl (C=O) groups excluding carboxylic acids is 2. The summed E-state index contributed by atoms with van der Waals surface area (Å²) in [7, 11) is 1.39. The summed E-state index contributed by atoms with van der Waals surface area (Å²) in [5.41, 5.74) is 1.75. The number of unbranched alkanes of at least 4 members (excludes halogenated alkanes) is 2. The van der Waals surface area contributed by atoms with Crippen molar-refractivity contribution in [1.29, 1.82) is 0 Å². The maximum absolute atomic E-state index is 11.9. The van der Waals surface area contributed by atoms with Gasteiger partial charge in [-0.25, -0.2) is 0 Å². The van der Waals surface area contributed by atoms with Gasteiger partial charge in [-0.3, -0.25) is 9.59 Å². The van der Waals surface area contributed by atoms with Gasteiger partial charge in [0.25, 0.3) is 5.91 Å². The fraction of sp³-hybridized carbons (Fsp3) is 0.467. The van der Waals surface area contributed by atoms with E-state index in [2.05, 4.69) is 26.0 Å². The van der Waals surface area contributed by atoms with Crippen LogP contribution < -0.4 is 5.32 Å². The van der Waals surface area contributed by atoms with E-state index < -0.39 is 0 Å². The summed E-state index contributed by atoms with van der Waals surface area (Å²) in [5, 5.41) is 2.87. The topological polar surface area (TPSA) is 55.4 Å². The lowest BCUT2D eigenvalue weighted by Crippen LogP contribution is -2.24. The van der Waals surface area contributed by atoms with Crippen LogP contribution >= 0.6 is 15.9 Å². The molecule has 0 aromatic heterocycles. The quantitative estimate of drug-likeness (QED) is 0.611. The first-order valence-electron chi connectivity index (χ1n) is 6.65. The zero-order chi connectivity index (χ0) is 15.0. The number of esters is 1. The minimum absolute atomic E-state index is 0.0707. The Bertz CT molecular complexity index is 474. The molecule has 0 heterocycles. The molecule has 0 unspecified atom stereocenters. The number of halogens is 1. The van der Waals surface area contributed by atoms with E-state index in [9.17, 15) is 9.59 Å². The standard InChI is InChI=1S/C15H20BrNO3/c1-11-7-8-12(10-13(11)16)15(19)17-9-5-3-4-6-14(18)20-2/h7-8,10H,3-6,9H2,1-2H3,(H,17,19). The van der Waals surface area contributed by atoms with Crippen molar-refractivity contribution in [3.8, 4) is 0 Å². The van der Waals surface area contributed by atoms with Crippen LogP contribution in [0.4, 0.5) is 0 Å². The Balaban J connectivity index is 2.23. The zero-order valence-electron chi connectivity index (χ0n) is 11.9. The highest BCUT2D eigenvalue weighted by Crippen LogP contribution is 2.17. The van der Waals surface area contributed by atoms with Gasteiger partial charge < -0.3 is 10.1 Å². The molecule has 0 atom stereocenters. The van der Waals surface area contributed by atoms with Gasteiger partial charge in [-0.15, -0.1) is 0 Å². The van der Waals surface area contributed by atoms with Crippen LogP contribution in [-0.2, 0) is 9.53 Å². The highest BCUT2D eigenvalue weighted by atomic mass is 79.9. The molecule has 0 aliphatic carbocycles. The summed E-state index contributed by atoms with van der Waals surface area (Å²) in [6.07, 6.45) is 2.98. The Morgan fingerprint density at radius 3 is 2.65 bits per heavy atom. The van der Waals surface area contributed by atoms with Crippen LogP contribution in [0.3, 0.4) is 0 Å². The van der Waals surface area contributed by atoms with E-state index >= 15 is 0 Å². The molecule has 1 N–H and O–H groups in total. The van der Waals surface area contributed by atoms with Gasteiger partial charge in [0.05, 0.1) is 7.11 Å². The van der Waals surface area contributed by atoms with Crippen LogP contribution in [0.2, 0.25) is 0 Å². The van der Waals surface area contributed by atoms with Gasteiger partial charge >= 0.3 is 5.97 Å². The van der Waals surface area contributed by atoms with Crippen molar-refractivity contribution in [3.63, 3.8) is 0 Å². The van der Waals surface area contributed by atoms with Gasteiger partial charge in [0.15, 0.2) is 0 Å². The van der Waals surface area contributed by atoms with Gasteiger partial charge in [-0.1, -0.05) is 28.4 Å². The second kappa shape index (κ2) is 8.74. The van der Waals surface area contributed by atoms with Gasteiger partial charge in [0.1, 0.15) is 0 Å². The van der Waals surface area contributed by atoms with Crippen LogP contribution in [0.25, 0.3) is 0 Å². The molecule has 4 nitrogen and oxygen atoms in total. The third-order valence-corrected chi connectivity index (χ3v) is 3.86. The second-order valence-corrected chi connectivity index (χ2v) is 5.46. The lowest BCUT2D eigenvalue weighted by molar-refractivity contribution is -0.140. The third-order valence-electron chi connectivity index (χ3n) is 3.00. The van der Waals surface area contributed by atoms with Crippen LogP contribution in [0.1, 0.15) is 41.6 Å². The van der Waals surface area contributed by atoms with Crippen molar-refractivity contribution in [2.24, 2.45) is 0 Å². The fourth-order valence-corrected chi connectivity index (χ4v) is 2.09. The number of methoxy groups -OCH3 is 1. The number of rotatable bonds is 7. The molecule has 1 rings (SSSR count). The maximum atomic E-state index is 11.9. The molecule has 0 saturated carbocycles. The molecule has 0 aliphatic rings. The molecule has 1 aromatic rings. The Morgan fingerprint density at radius 1 is 1.25 bits per heavy atom. The smallest absolute Gasteiger partial charge is 0.305 e. The van der Waals surface area contributed by atoms with E-state index in [1.165, 1.54) is 7.11 Å². The number of hydrogen-bond donors (Lipinski definition) is 1. The molecule has 0 bridgehead atoms. The first-order valence-corrected chi connectivity index (χ1v) is 7.45. The molecule has 0 aliphatic heterocycles. The predicted octanol–water partition coefficient (Wildman–Crippen LogP) is 3.22. The molecule has 0 spiro atoms. The highest BCUT2D eigenvalue weighted by Gasteiger charge is 2.06. The number of amides is 1. The molecule has 110 valence electrons. The molecule has 1 amide bonds. The Labute approximate surface area is 128 Å². The van der Waals surface area contributed by atoms with E-state index in [-0.39, 0.29) is 11.9 Å². The van der Waals surface area contributed by atoms with Crippen molar-refractivity contribution in [2.75, 3.05) is 13.7 Å². The third kappa shape index (κ3) is 5.74. The number of hydrogen-bond acceptors (Lipinski definition) is 3. The summed E-state index contributed by atoms with van der Waals surface area (Å²) in [6.45, 7) is 2.60. The Kier molecular flexibility index (Phi) is 7.30.